The van der Waals surface area contributed by atoms with E-state index in [4.69, 9.17) is 33.0 Å². The third-order valence-electron chi connectivity index (χ3n) is 4.90. The minimum atomic E-state index is 0.329. The summed E-state index contributed by atoms with van der Waals surface area (Å²) >= 11 is 11.4. The molecular weight excluding hydrogens is 408 g/mol. The molecule has 0 atom stereocenters. The van der Waals surface area contributed by atoms with Gasteiger partial charge in [0.25, 0.3) is 0 Å². The van der Waals surface area contributed by atoms with Crippen LogP contribution in [0.2, 0.25) is 5.02 Å². The third-order valence-corrected chi connectivity index (χ3v) is 5.44. The number of hydrogen-bond donors (Lipinski definition) is 1. The Labute approximate surface area is 181 Å². The smallest absolute Gasteiger partial charge is 0.198 e. The number of furan rings is 1. The van der Waals surface area contributed by atoms with Gasteiger partial charge in [0.05, 0.1) is 0 Å². The molecule has 1 N–H and O–H groups in total. The van der Waals surface area contributed by atoms with Gasteiger partial charge in [-0.15, -0.1) is 0 Å². The molecule has 0 aliphatic carbocycles. The second-order valence-electron chi connectivity index (χ2n) is 6.85. The van der Waals surface area contributed by atoms with Crippen molar-refractivity contribution in [3.63, 3.8) is 0 Å². The molecule has 6 nitrogen and oxygen atoms in total. The monoisotopic (exact) mass is 434 g/mol. The molecule has 0 saturated carbocycles. The number of nitrogens with zero attached hydrogens (tertiary/aromatic N) is 3. The first kappa shape index (κ1) is 21.6. The molecule has 156 valence electrons. The van der Waals surface area contributed by atoms with Crippen molar-refractivity contribution in [1.82, 2.24) is 19.7 Å². The minimum absolute atomic E-state index is 0.329. The molecule has 0 aliphatic rings. The van der Waals surface area contributed by atoms with Gasteiger partial charge in [-0.3, -0.25) is 9.67 Å². The maximum atomic E-state index is 5.99. The molecule has 8 heteroatoms. The lowest BCUT2D eigenvalue weighted by atomic mass is 10.2. The first-order chi connectivity index (χ1) is 14.0. The summed E-state index contributed by atoms with van der Waals surface area (Å²) in [6.07, 6.45) is 0.995. The first-order valence-corrected chi connectivity index (χ1v) is 10.7. The van der Waals surface area contributed by atoms with Crippen LogP contribution in [0.15, 0.2) is 34.7 Å². The molecule has 0 aliphatic heterocycles. The number of hydrogen-bond acceptors (Lipinski definition) is 5. The predicted molar refractivity (Wildman–Crippen MR) is 118 cm³/mol. The molecular formula is C21H27ClN4O2S. The van der Waals surface area contributed by atoms with Crippen LogP contribution in [0.1, 0.15) is 31.6 Å². The van der Waals surface area contributed by atoms with E-state index in [1.807, 2.05) is 41.8 Å². The van der Waals surface area contributed by atoms with Gasteiger partial charge in [-0.2, -0.15) is 5.10 Å². The molecule has 0 amide bonds. The molecule has 0 radical (unpaired) electrons. The third kappa shape index (κ3) is 5.50. The topological polar surface area (TPSA) is 59.2 Å². The molecule has 0 spiro atoms. The molecule has 1 aromatic carbocycles. The lowest BCUT2D eigenvalue weighted by Crippen LogP contribution is -2.24. The number of halogens is 1. The van der Waals surface area contributed by atoms with Crippen LogP contribution in [-0.4, -0.2) is 39.3 Å². The zero-order chi connectivity index (χ0) is 20.8. The number of H-pyrrole nitrogens is 1. The van der Waals surface area contributed by atoms with E-state index >= 15 is 0 Å². The Morgan fingerprint density at radius 3 is 2.76 bits per heavy atom. The highest BCUT2D eigenvalue weighted by atomic mass is 35.5. The maximum Gasteiger partial charge on any atom is 0.198 e. The van der Waals surface area contributed by atoms with Crippen LogP contribution < -0.4 is 4.74 Å². The quantitative estimate of drug-likeness (QED) is 0.428. The highest BCUT2D eigenvalue weighted by Crippen LogP contribution is 2.25. The fourth-order valence-electron chi connectivity index (χ4n) is 3.20. The summed E-state index contributed by atoms with van der Waals surface area (Å²) in [6.45, 7) is 10.6. The molecule has 3 aromatic rings. The number of aromatic amines is 1. The Bertz CT molecular complexity index is 991. The molecule has 29 heavy (non-hydrogen) atoms. The van der Waals surface area contributed by atoms with Gasteiger partial charge in [0, 0.05) is 11.6 Å². The van der Waals surface area contributed by atoms with E-state index in [1.165, 1.54) is 0 Å². The first-order valence-electron chi connectivity index (χ1n) is 9.87. The summed E-state index contributed by atoms with van der Waals surface area (Å²) in [5.41, 5.74) is 0.985. The Hall–Kier alpha value is -2.09. The predicted octanol–water partition coefficient (Wildman–Crippen LogP) is 5.47. The van der Waals surface area contributed by atoms with Crippen molar-refractivity contribution in [3.05, 3.63) is 51.4 Å². The molecule has 0 unspecified atom stereocenters. The number of benzene rings is 1. The summed E-state index contributed by atoms with van der Waals surface area (Å²) in [6, 6.07) is 9.36. The normalized spacial score (nSPS) is 11.3. The van der Waals surface area contributed by atoms with Crippen molar-refractivity contribution in [3.8, 4) is 17.3 Å². The molecule has 3 rings (SSSR count). The Morgan fingerprint density at radius 2 is 2.03 bits per heavy atom. The summed E-state index contributed by atoms with van der Waals surface area (Å²) in [5, 5.41) is 7.94. The highest BCUT2D eigenvalue weighted by Gasteiger charge is 2.14. The summed E-state index contributed by atoms with van der Waals surface area (Å²) in [7, 11) is 0. The summed E-state index contributed by atoms with van der Waals surface area (Å²) in [5.74, 6) is 2.89. The van der Waals surface area contributed by atoms with E-state index in [2.05, 4.69) is 28.9 Å². The lowest BCUT2D eigenvalue weighted by molar-refractivity contribution is 0.270. The van der Waals surface area contributed by atoms with Crippen LogP contribution in [0.5, 0.6) is 5.75 Å². The second-order valence-corrected chi connectivity index (χ2v) is 7.67. The fraction of sp³-hybridized carbons (Fsp3) is 0.429. The van der Waals surface area contributed by atoms with Crippen molar-refractivity contribution >= 4 is 23.8 Å². The van der Waals surface area contributed by atoms with E-state index in [9.17, 15) is 0 Å². The van der Waals surface area contributed by atoms with Crippen LogP contribution >= 0.6 is 23.8 Å². The lowest BCUT2D eigenvalue weighted by Gasteiger charge is -2.17. The van der Waals surface area contributed by atoms with Gasteiger partial charge >= 0.3 is 0 Å². The van der Waals surface area contributed by atoms with Gasteiger partial charge < -0.3 is 14.1 Å². The number of nitrogens with one attached hydrogen (secondary N) is 1. The van der Waals surface area contributed by atoms with Crippen molar-refractivity contribution < 1.29 is 9.15 Å². The van der Waals surface area contributed by atoms with Gasteiger partial charge in [-0.1, -0.05) is 25.4 Å². The maximum absolute atomic E-state index is 5.99. The van der Waals surface area contributed by atoms with Crippen LogP contribution in [-0.2, 0) is 13.2 Å². The van der Waals surface area contributed by atoms with Gasteiger partial charge in [0.1, 0.15) is 18.1 Å². The average Bonchev–Trinajstić information content (AvgIpc) is 3.31. The van der Waals surface area contributed by atoms with Gasteiger partial charge in [0.15, 0.2) is 16.4 Å². The van der Waals surface area contributed by atoms with Gasteiger partial charge in [0.2, 0.25) is 0 Å². The van der Waals surface area contributed by atoms with Crippen molar-refractivity contribution in [2.45, 2.75) is 40.3 Å². The van der Waals surface area contributed by atoms with Crippen molar-refractivity contribution in [1.29, 1.82) is 0 Å². The fourth-order valence-corrected chi connectivity index (χ4v) is 3.65. The number of aromatic nitrogens is 3. The minimum Gasteiger partial charge on any atom is -0.485 e. The second kappa shape index (κ2) is 10.1. The number of aryl methyl sites for hydroxylation is 1. The molecule has 2 aromatic heterocycles. The Kier molecular flexibility index (Phi) is 7.52. The Morgan fingerprint density at radius 1 is 1.24 bits per heavy atom. The zero-order valence-corrected chi connectivity index (χ0v) is 18.6. The SMILES string of the molecule is CCN(CC)CCCn1c(-c2ccc(COc3ccc(Cl)cc3C)o2)n[nH]c1=S. The van der Waals surface area contributed by atoms with Crippen molar-refractivity contribution in [2.24, 2.45) is 0 Å². The van der Waals surface area contributed by atoms with E-state index in [-0.39, 0.29) is 0 Å². The van der Waals surface area contributed by atoms with Crippen LogP contribution in [0.3, 0.4) is 0 Å². The zero-order valence-electron chi connectivity index (χ0n) is 17.1. The largest absolute Gasteiger partial charge is 0.485 e. The van der Waals surface area contributed by atoms with Crippen LogP contribution in [0.4, 0.5) is 0 Å². The molecule has 0 saturated heterocycles. The van der Waals surface area contributed by atoms with Crippen LogP contribution in [0.25, 0.3) is 11.6 Å². The summed E-state index contributed by atoms with van der Waals surface area (Å²) < 4.78 is 14.4. The number of rotatable bonds is 10. The van der Waals surface area contributed by atoms with Crippen molar-refractivity contribution in [2.75, 3.05) is 19.6 Å². The van der Waals surface area contributed by atoms with Gasteiger partial charge in [-0.05, 0) is 81.1 Å². The van der Waals surface area contributed by atoms with E-state index < -0.39 is 0 Å². The number of ether oxygens (including phenoxy) is 1. The standard InChI is InChI=1S/C21H27ClN4O2S/c1-4-25(5-2)11-6-12-26-20(23-24-21(26)29)19-10-8-17(28-19)14-27-18-9-7-16(22)13-15(18)3/h7-10,13H,4-6,11-12,14H2,1-3H3,(H,24,29). The van der Waals surface area contributed by atoms with Crippen LogP contribution in [0, 0.1) is 11.7 Å². The van der Waals surface area contributed by atoms with E-state index in [1.54, 1.807) is 0 Å². The highest BCUT2D eigenvalue weighted by molar-refractivity contribution is 7.71. The summed E-state index contributed by atoms with van der Waals surface area (Å²) in [4.78, 5) is 2.39. The van der Waals surface area contributed by atoms with E-state index in [0.29, 0.717) is 28.0 Å². The average molecular weight is 435 g/mol. The van der Waals surface area contributed by atoms with E-state index in [0.717, 1.165) is 49.7 Å². The van der Waals surface area contributed by atoms with Gasteiger partial charge in [-0.25, -0.2) is 0 Å². The molecule has 0 fully saturated rings. The Balaban J connectivity index is 1.66. The molecule has 2 heterocycles. The molecule has 0 bridgehead atoms.